The predicted octanol–water partition coefficient (Wildman–Crippen LogP) is 3.79. The number of carbonyl (C=O) groups excluding carboxylic acids is 2. The van der Waals surface area contributed by atoms with E-state index < -0.39 is 0 Å². The van der Waals surface area contributed by atoms with Crippen LogP contribution in [0.2, 0.25) is 0 Å². The normalized spacial score (nSPS) is 33.6. The third-order valence-electron chi connectivity index (χ3n) is 7.70. The average molecular weight is 400 g/mol. The van der Waals surface area contributed by atoms with Crippen molar-refractivity contribution in [3.8, 4) is 0 Å². The standard InChI is InChI=1S/C25H24N2O3/c1-12-7-9-15(10-8-12)21-20-16-11-17(23(20)30-26-21)19-18(16)24(28)27(25(19)29)22-13(2)5-4-6-14(22)3/h4-10,16-20,23H,11H2,1-3H3/t16-,17+,18-,19+,20+,23+/m0/s1. The molecular formula is C25H24N2O3. The third kappa shape index (κ3) is 2.15. The van der Waals surface area contributed by atoms with Crippen LogP contribution >= 0.6 is 0 Å². The smallest absolute Gasteiger partial charge is 0.238 e. The Morgan fingerprint density at radius 3 is 2.17 bits per heavy atom. The van der Waals surface area contributed by atoms with Gasteiger partial charge in [0, 0.05) is 11.8 Å². The van der Waals surface area contributed by atoms with E-state index in [4.69, 9.17) is 4.84 Å². The molecule has 0 spiro atoms. The molecule has 4 aliphatic rings. The number of rotatable bonds is 2. The first-order valence-electron chi connectivity index (χ1n) is 10.7. The molecule has 5 heteroatoms. The summed E-state index contributed by atoms with van der Waals surface area (Å²) >= 11 is 0. The monoisotopic (exact) mass is 400 g/mol. The van der Waals surface area contributed by atoms with Crippen LogP contribution in [0, 0.1) is 50.4 Å². The second-order valence-corrected chi connectivity index (χ2v) is 9.31. The molecule has 0 aromatic heterocycles. The lowest BCUT2D eigenvalue weighted by molar-refractivity contribution is -0.125. The Bertz CT molecular complexity index is 1100. The maximum absolute atomic E-state index is 13.6. The van der Waals surface area contributed by atoms with Crippen molar-refractivity contribution < 1.29 is 14.4 Å². The fourth-order valence-electron chi connectivity index (χ4n) is 6.47. The number of hydrogen-bond acceptors (Lipinski definition) is 4. The first-order valence-corrected chi connectivity index (χ1v) is 10.7. The summed E-state index contributed by atoms with van der Waals surface area (Å²) in [5.74, 6) is -0.380. The Labute approximate surface area is 175 Å². The van der Waals surface area contributed by atoms with E-state index in [1.807, 2.05) is 32.0 Å². The minimum Gasteiger partial charge on any atom is -0.391 e. The molecule has 2 aliphatic carbocycles. The van der Waals surface area contributed by atoms with Gasteiger partial charge in [0.2, 0.25) is 11.8 Å². The van der Waals surface area contributed by atoms with Crippen LogP contribution in [-0.2, 0) is 14.4 Å². The zero-order chi connectivity index (χ0) is 20.7. The van der Waals surface area contributed by atoms with E-state index in [1.165, 1.54) is 10.5 Å². The third-order valence-corrected chi connectivity index (χ3v) is 7.70. The quantitative estimate of drug-likeness (QED) is 0.721. The molecule has 3 fully saturated rings. The second-order valence-electron chi connectivity index (χ2n) is 9.31. The van der Waals surface area contributed by atoms with E-state index in [1.54, 1.807) is 0 Å². The SMILES string of the molecule is Cc1ccc(C2=NO[C@@H]3[C@@H]4C[C@H]([C@H]23)[C@@H]2C(=O)N(c3c(C)cccc3C)C(=O)[C@H]42)cc1. The van der Waals surface area contributed by atoms with E-state index in [0.29, 0.717) is 0 Å². The fraction of sp³-hybridized carbons (Fsp3) is 0.400. The number of anilines is 1. The highest BCUT2D eigenvalue weighted by Gasteiger charge is 2.70. The van der Waals surface area contributed by atoms with Crippen molar-refractivity contribution in [1.82, 2.24) is 0 Å². The molecule has 0 unspecified atom stereocenters. The van der Waals surface area contributed by atoms with Gasteiger partial charge in [-0.3, -0.25) is 9.59 Å². The molecule has 30 heavy (non-hydrogen) atoms. The number of aryl methyl sites for hydroxylation is 3. The molecule has 0 N–H and O–H groups in total. The second kappa shape index (κ2) is 6.03. The van der Waals surface area contributed by atoms with Crippen LogP contribution in [0.4, 0.5) is 5.69 Å². The van der Waals surface area contributed by atoms with Crippen molar-refractivity contribution in [2.45, 2.75) is 33.3 Å². The molecule has 2 heterocycles. The summed E-state index contributed by atoms with van der Waals surface area (Å²) in [7, 11) is 0. The molecule has 2 saturated carbocycles. The predicted molar refractivity (Wildman–Crippen MR) is 113 cm³/mol. The lowest BCUT2D eigenvalue weighted by atomic mass is 9.71. The fourth-order valence-corrected chi connectivity index (χ4v) is 6.47. The van der Waals surface area contributed by atoms with E-state index in [0.717, 1.165) is 34.5 Å². The van der Waals surface area contributed by atoms with E-state index in [-0.39, 0.29) is 47.5 Å². The molecule has 2 aromatic carbocycles. The summed E-state index contributed by atoms with van der Waals surface area (Å²) in [6.45, 7) is 5.99. The van der Waals surface area contributed by atoms with Gasteiger partial charge < -0.3 is 4.84 Å². The molecule has 2 aliphatic heterocycles. The summed E-state index contributed by atoms with van der Waals surface area (Å²) in [6.07, 6.45) is 0.774. The molecular weight excluding hydrogens is 376 g/mol. The molecule has 6 rings (SSSR count). The zero-order valence-electron chi connectivity index (χ0n) is 17.3. The number of oxime groups is 1. The Morgan fingerprint density at radius 1 is 0.867 bits per heavy atom. The van der Waals surface area contributed by atoms with Gasteiger partial charge in [-0.05, 0) is 49.8 Å². The van der Waals surface area contributed by atoms with Gasteiger partial charge in [0.15, 0.2) is 0 Å². The van der Waals surface area contributed by atoms with Crippen LogP contribution in [0.15, 0.2) is 47.6 Å². The van der Waals surface area contributed by atoms with Crippen LogP contribution < -0.4 is 4.90 Å². The molecule has 2 bridgehead atoms. The highest BCUT2D eigenvalue weighted by molar-refractivity contribution is 6.23. The summed E-state index contributed by atoms with van der Waals surface area (Å²) in [6, 6.07) is 14.2. The number of amides is 2. The minimum absolute atomic E-state index is 0.0384. The summed E-state index contributed by atoms with van der Waals surface area (Å²) in [4.78, 5) is 34.4. The number of benzene rings is 2. The molecule has 2 amide bonds. The Kier molecular flexibility index (Phi) is 3.59. The van der Waals surface area contributed by atoms with Crippen molar-refractivity contribution in [2.24, 2.45) is 34.7 Å². The topological polar surface area (TPSA) is 59.0 Å². The number of fused-ring (bicyclic) bond motifs is 8. The van der Waals surface area contributed by atoms with E-state index in [2.05, 4.69) is 36.3 Å². The number of nitrogens with zero attached hydrogens (tertiary/aromatic N) is 2. The Balaban J connectivity index is 1.38. The maximum Gasteiger partial charge on any atom is 0.238 e. The number of imide groups is 1. The van der Waals surface area contributed by atoms with Gasteiger partial charge in [0.05, 0.1) is 23.2 Å². The van der Waals surface area contributed by atoms with Gasteiger partial charge in [-0.2, -0.15) is 0 Å². The molecule has 152 valence electrons. The highest BCUT2D eigenvalue weighted by atomic mass is 16.6. The van der Waals surface area contributed by atoms with Crippen molar-refractivity contribution in [1.29, 1.82) is 0 Å². The highest BCUT2D eigenvalue weighted by Crippen LogP contribution is 2.62. The Hall–Kier alpha value is -2.95. The van der Waals surface area contributed by atoms with Gasteiger partial charge in [0.25, 0.3) is 0 Å². The zero-order valence-corrected chi connectivity index (χ0v) is 17.3. The van der Waals surface area contributed by atoms with Crippen LogP contribution in [0.5, 0.6) is 0 Å². The van der Waals surface area contributed by atoms with Crippen molar-refractivity contribution >= 4 is 23.2 Å². The van der Waals surface area contributed by atoms with Crippen LogP contribution in [-0.4, -0.2) is 23.6 Å². The molecule has 0 radical (unpaired) electrons. The number of para-hydroxylation sites is 1. The molecule has 5 nitrogen and oxygen atoms in total. The van der Waals surface area contributed by atoms with Crippen LogP contribution in [0.25, 0.3) is 0 Å². The van der Waals surface area contributed by atoms with Gasteiger partial charge in [-0.1, -0.05) is 53.2 Å². The van der Waals surface area contributed by atoms with Crippen LogP contribution in [0.3, 0.4) is 0 Å². The summed E-state index contributed by atoms with van der Waals surface area (Å²) < 4.78 is 0. The van der Waals surface area contributed by atoms with Crippen molar-refractivity contribution in [2.75, 3.05) is 4.90 Å². The lowest BCUT2D eigenvalue weighted by Gasteiger charge is -2.29. The number of carbonyl (C=O) groups is 2. The van der Waals surface area contributed by atoms with Gasteiger partial charge in [0.1, 0.15) is 6.10 Å². The van der Waals surface area contributed by atoms with Crippen LogP contribution in [0.1, 0.15) is 28.7 Å². The van der Waals surface area contributed by atoms with E-state index in [9.17, 15) is 9.59 Å². The molecule has 2 aromatic rings. The maximum atomic E-state index is 13.6. The first-order chi connectivity index (χ1) is 14.5. The lowest BCUT2D eigenvalue weighted by Crippen LogP contribution is -2.41. The minimum atomic E-state index is -0.282. The van der Waals surface area contributed by atoms with Gasteiger partial charge in [-0.15, -0.1) is 0 Å². The van der Waals surface area contributed by atoms with Crippen molar-refractivity contribution in [3.63, 3.8) is 0 Å². The molecule has 6 atom stereocenters. The molecule has 1 saturated heterocycles. The van der Waals surface area contributed by atoms with Gasteiger partial charge >= 0.3 is 0 Å². The van der Waals surface area contributed by atoms with Crippen molar-refractivity contribution in [3.05, 3.63) is 64.7 Å². The number of hydrogen-bond donors (Lipinski definition) is 0. The summed E-state index contributed by atoms with van der Waals surface area (Å²) in [5, 5.41) is 4.42. The van der Waals surface area contributed by atoms with Gasteiger partial charge in [-0.25, -0.2) is 4.90 Å². The average Bonchev–Trinajstić information content (AvgIpc) is 3.45. The Morgan fingerprint density at radius 2 is 1.50 bits per heavy atom. The largest absolute Gasteiger partial charge is 0.391 e. The summed E-state index contributed by atoms with van der Waals surface area (Å²) in [5.41, 5.74) is 5.88. The van der Waals surface area contributed by atoms with E-state index >= 15 is 0 Å². The first kappa shape index (κ1) is 17.9.